The van der Waals surface area contributed by atoms with Gasteiger partial charge in [-0.1, -0.05) is 62.9 Å². The molecular weight excluding hydrogens is 182 g/mol. The van der Waals surface area contributed by atoms with Gasteiger partial charge >= 0.3 is 0 Å². The Morgan fingerprint density at radius 3 is 2.40 bits per heavy atom. The molecule has 0 aliphatic rings. The first-order valence-corrected chi connectivity index (χ1v) is 6.10. The highest BCUT2D eigenvalue weighted by molar-refractivity contribution is 5.14. The van der Waals surface area contributed by atoms with E-state index in [0.29, 0.717) is 0 Å². The van der Waals surface area contributed by atoms with Gasteiger partial charge in [0.05, 0.1) is 0 Å². The summed E-state index contributed by atoms with van der Waals surface area (Å²) < 4.78 is 0. The lowest BCUT2D eigenvalue weighted by atomic mass is 10.1. The van der Waals surface area contributed by atoms with Gasteiger partial charge in [0.1, 0.15) is 0 Å². The van der Waals surface area contributed by atoms with E-state index < -0.39 is 0 Å². The minimum Gasteiger partial charge on any atom is -0.237 e. The van der Waals surface area contributed by atoms with Gasteiger partial charge in [0.25, 0.3) is 0 Å². The van der Waals surface area contributed by atoms with Crippen LogP contribution in [0, 0.1) is 0 Å². The van der Waals surface area contributed by atoms with Gasteiger partial charge < -0.3 is 0 Å². The van der Waals surface area contributed by atoms with Crippen molar-refractivity contribution in [3.8, 4) is 0 Å². The lowest BCUT2D eigenvalue weighted by Gasteiger charge is -2.02. The average molecular weight is 204 g/mol. The van der Waals surface area contributed by atoms with Crippen molar-refractivity contribution in [3.63, 3.8) is 0 Å². The molecule has 1 radical (unpaired) electrons. The van der Waals surface area contributed by atoms with Crippen LogP contribution in [0.1, 0.15) is 44.6 Å². The zero-order valence-electron chi connectivity index (χ0n) is 9.78. The molecular formula is C14H22N. The van der Waals surface area contributed by atoms with Crippen LogP contribution in [-0.4, -0.2) is 6.54 Å². The van der Waals surface area contributed by atoms with Gasteiger partial charge in [0, 0.05) is 13.1 Å². The molecule has 0 aromatic heterocycles. The maximum Gasteiger partial charge on any atom is 0.0384 e. The standard InChI is InChI=1S/C14H22N/c1-2-3-4-5-9-12-15-13-14-10-7-6-8-11-14/h6-8,10-11H,2-5,9,12-13H2,1H3. The van der Waals surface area contributed by atoms with E-state index in [4.69, 9.17) is 0 Å². The Morgan fingerprint density at radius 1 is 0.933 bits per heavy atom. The third kappa shape index (κ3) is 6.29. The molecule has 1 nitrogen and oxygen atoms in total. The van der Waals surface area contributed by atoms with Gasteiger partial charge in [-0.15, -0.1) is 0 Å². The number of unbranched alkanes of at least 4 members (excludes halogenated alkanes) is 4. The van der Waals surface area contributed by atoms with Gasteiger partial charge in [-0.2, -0.15) is 0 Å². The molecule has 0 aliphatic heterocycles. The molecule has 15 heavy (non-hydrogen) atoms. The fourth-order valence-corrected chi connectivity index (χ4v) is 1.62. The monoisotopic (exact) mass is 204 g/mol. The van der Waals surface area contributed by atoms with Crippen LogP contribution in [0.25, 0.3) is 0 Å². The molecule has 1 aromatic rings. The van der Waals surface area contributed by atoms with E-state index in [9.17, 15) is 0 Å². The summed E-state index contributed by atoms with van der Waals surface area (Å²) in [6, 6.07) is 10.5. The summed E-state index contributed by atoms with van der Waals surface area (Å²) in [6.45, 7) is 4.16. The summed E-state index contributed by atoms with van der Waals surface area (Å²) >= 11 is 0. The molecule has 0 fully saturated rings. The molecule has 0 bridgehead atoms. The van der Waals surface area contributed by atoms with Crippen LogP contribution in [0.2, 0.25) is 0 Å². The molecule has 0 aliphatic carbocycles. The molecule has 0 atom stereocenters. The zero-order valence-corrected chi connectivity index (χ0v) is 9.78. The highest BCUT2D eigenvalue weighted by atomic mass is 14.8. The van der Waals surface area contributed by atoms with Gasteiger partial charge in [0.2, 0.25) is 0 Å². The predicted octanol–water partition coefficient (Wildman–Crippen LogP) is 3.76. The third-order valence-corrected chi connectivity index (χ3v) is 2.56. The molecule has 0 saturated heterocycles. The van der Waals surface area contributed by atoms with Gasteiger partial charge in [-0.05, 0) is 12.0 Å². The van der Waals surface area contributed by atoms with Crippen LogP contribution >= 0.6 is 0 Å². The van der Waals surface area contributed by atoms with E-state index in [2.05, 4.69) is 36.5 Å². The summed E-state index contributed by atoms with van der Waals surface area (Å²) in [5.41, 5.74) is 1.33. The number of hydrogen-bond donors (Lipinski definition) is 0. The summed E-state index contributed by atoms with van der Waals surface area (Å²) in [5.74, 6) is 0. The maximum atomic E-state index is 4.54. The largest absolute Gasteiger partial charge is 0.237 e. The fraction of sp³-hybridized carbons (Fsp3) is 0.571. The van der Waals surface area contributed by atoms with Crippen molar-refractivity contribution in [1.29, 1.82) is 0 Å². The first-order valence-electron chi connectivity index (χ1n) is 6.10. The Bertz CT molecular complexity index is 230. The Balaban J connectivity index is 1.93. The number of benzene rings is 1. The van der Waals surface area contributed by atoms with Gasteiger partial charge in [0.15, 0.2) is 0 Å². The van der Waals surface area contributed by atoms with Crippen molar-refractivity contribution in [2.24, 2.45) is 0 Å². The lowest BCUT2D eigenvalue weighted by molar-refractivity contribution is 0.577. The minimum atomic E-state index is 0.884. The molecule has 0 saturated carbocycles. The van der Waals surface area contributed by atoms with Crippen LogP contribution in [0.3, 0.4) is 0 Å². The van der Waals surface area contributed by atoms with Gasteiger partial charge in [-0.25, -0.2) is 5.32 Å². The van der Waals surface area contributed by atoms with Crippen LogP contribution in [0.5, 0.6) is 0 Å². The van der Waals surface area contributed by atoms with Crippen molar-refractivity contribution in [2.75, 3.05) is 6.54 Å². The van der Waals surface area contributed by atoms with Crippen molar-refractivity contribution in [2.45, 2.75) is 45.6 Å². The second kappa shape index (κ2) is 8.49. The Labute approximate surface area is 93.9 Å². The molecule has 1 rings (SSSR count). The topological polar surface area (TPSA) is 14.1 Å². The predicted molar refractivity (Wildman–Crippen MR) is 65.9 cm³/mol. The number of hydrogen-bond acceptors (Lipinski definition) is 0. The SMILES string of the molecule is CCCCCCC[N]Cc1ccccc1. The zero-order chi connectivity index (χ0) is 10.8. The number of rotatable bonds is 8. The summed E-state index contributed by atoms with van der Waals surface area (Å²) in [5, 5.41) is 4.54. The van der Waals surface area contributed by atoms with Crippen molar-refractivity contribution in [1.82, 2.24) is 5.32 Å². The first kappa shape index (κ1) is 12.3. The minimum absolute atomic E-state index is 0.884. The second-order valence-electron chi connectivity index (χ2n) is 4.01. The molecule has 1 heteroatoms. The van der Waals surface area contributed by atoms with Crippen LogP contribution in [-0.2, 0) is 6.54 Å². The average Bonchev–Trinajstić information content (AvgIpc) is 2.29. The van der Waals surface area contributed by atoms with Crippen LogP contribution < -0.4 is 5.32 Å². The molecule has 0 heterocycles. The smallest absolute Gasteiger partial charge is 0.0384 e. The molecule has 83 valence electrons. The van der Waals surface area contributed by atoms with Crippen LogP contribution in [0.15, 0.2) is 30.3 Å². The van der Waals surface area contributed by atoms with E-state index >= 15 is 0 Å². The van der Waals surface area contributed by atoms with Crippen molar-refractivity contribution in [3.05, 3.63) is 35.9 Å². The highest BCUT2D eigenvalue weighted by Gasteiger charge is 1.92. The first-order chi connectivity index (χ1) is 7.43. The fourth-order valence-electron chi connectivity index (χ4n) is 1.62. The van der Waals surface area contributed by atoms with Crippen molar-refractivity contribution >= 4 is 0 Å². The molecule has 0 N–H and O–H groups in total. The maximum absolute atomic E-state index is 4.54. The summed E-state index contributed by atoms with van der Waals surface area (Å²) in [6.07, 6.45) is 6.66. The number of nitrogens with zero attached hydrogens (tertiary/aromatic N) is 1. The van der Waals surface area contributed by atoms with Gasteiger partial charge in [-0.3, -0.25) is 0 Å². The van der Waals surface area contributed by atoms with E-state index in [-0.39, 0.29) is 0 Å². The lowest BCUT2D eigenvalue weighted by Crippen LogP contribution is -2.06. The molecule has 0 spiro atoms. The Hall–Kier alpha value is -0.820. The summed E-state index contributed by atoms with van der Waals surface area (Å²) in [4.78, 5) is 0. The molecule has 0 amide bonds. The summed E-state index contributed by atoms with van der Waals surface area (Å²) in [7, 11) is 0. The van der Waals surface area contributed by atoms with Crippen LogP contribution in [0.4, 0.5) is 0 Å². The Morgan fingerprint density at radius 2 is 1.67 bits per heavy atom. The molecule has 1 aromatic carbocycles. The van der Waals surface area contributed by atoms with E-state index in [0.717, 1.165) is 13.1 Å². The van der Waals surface area contributed by atoms with E-state index in [1.54, 1.807) is 0 Å². The van der Waals surface area contributed by atoms with E-state index in [1.807, 2.05) is 6.07 Å². The quantitative estimate of drug-likeness (QED) is 0.572. The third-order valence-electron chi connectivity index (χ3n) is 2.56. The second-order valence-corrected chi connectivity index (χ2v) is 4.01. The highest BCUT2D eigenvalue weighted by Crippen LogP contribution is 2.02. The van der Waals surface area contributed by atoms with Crippen molar-refractivity contribution < 1.29 is 0 Å². The normalized spacial score (nSPS) is 10.5. The van der Waals surface area contributed by atoms with E-state index in [1.165, 1.54) is 37.7 Å². The molecule has 0 unspecified atom stereocenters. The Kier molecular flexibility index (Phi) is 6.93.